The number of carbonyl (C=O) groups excluding carboxylic acids is 1. The van der Waals surface area contributed by atoms with Gasteiger partial charge in [0.2, 0.25) is 5.91 Å². The summed E-state index contributed by atoms with van der Waals surface area (Å²) in [6.45, 7) is 5.14. The predicted octanol–water partition coefficient (Wildman–Crippen LogP) is 2.45. The number of ether oxygens (including phenoxy) is 1. The number of hydrogen-bond donors (Lipinski definition) is 0. The second-order valence-corrected chi connectivity index (χ2v) is 4.98. The molecule has 0 spiro atoms. The first-order valence-electron chi connectivity index (χ1n) is 7.32. The first-order chi connectivity index (χ1) is 10.2. The summed E-state index contributed by atoms with van der Waals surface area (Å²) in [5, 5.41) is 4.15. The monoisotopic (exact) mass is 290 g/mol. The highest BCUT2D eigenvalue weighted by Gasteiger charge is 2.25. The van der Waals surface area contributed by atoms with Crippen molar-refractivity contribution in [1.82, 2.24) is 4.90 Å². The van der Waals surface area contributed by atoms with Gasteiger partial charge in [0.05, 0.1) is 19.4 Å². The molecule has 1 aliphatic rings. The molecule has 1 aliphatic heterocycles. The molecule has 114 valence electrons. The lowest BCUT2D eigenvalue weighted by Crippen LogP contribution is -2.37. The molecule has 0 aliphatic carbocycles. The first-order valence-corrected chi connectivity index (χ1v) is 7.32. The van der Waals surface area contributed by atoms with Crippen LogP contribution in [0, 0.1) is 0 Å². The maximum Gasteiger partial charge on any atom is 0.222 e. The first kappa shape index (κ1) is 15.4. The van der Waals surface area contributed by atoms with Gasteiger partial charge in [-0.05, 0) is 36.8 Å². The Bertz CT molecular complexity index is 511. The average Bonchev–Trinajstić information content (AvgIpc) is 3.00. The second kappa shape index (κ2) is 7.11. The molecule has 0 saturated heterocycles. The van der Waals surface area contributed by atoms with E-state index in [1.165, 1.54) is 0 Å². The Labute approximate surface area is 125 Å². The average molecular weight is 290 g/mol. The number of nitrogens with zero attached hydrogens (tertiary/aromatic N) is 2. The Morgan fingerprint density at radius 1 is 1.38 bits per heavy atom. The van der Waals surface area contributed by atoms with Gasteiger partial charge >= 0.3 is 0 Å². The van der Waals surface area contributed by atoms with E-state index in [0.29, 0.717) is 19.5 Å². The predicted molar refractivity (Wildman–Crippen MR) is 81.6 cm³/mol. The third-order valence-electron chi connectivity index (χ3n) is 3.62. The highest BCUT2D eigenvalue weighted by molar-refractivity contribution is 6.01. The molecule has 1 heterocycles. The van der Waals surface area contributed by atoms with Crippen LogP contribution in [0.3, 0.4) is 0 Å². The van der Waals surface area contributed by atoms with Crippen LogP contribution in [0.1, 0.15) is 32.3 Å². The van der Waals surface area contributed by atoms with Crippen LogP contribution in [-0.2, 0) is 9.63 Å². The maximum atomic E-state index is 11.8. The highest BCUT2D eigenvalue weighted by Crippen LogP contribution is 2.20. The molecule has 0 fully saturated rings. The summed E-state index contributed by atoms with van der Waals surface area (Å²) in [7, 11) is 1.64. The number of benzene rings is 1. The molecule has 5 heteroatoms. The topological polar surface area (TPSA) is 51.1 Å². The van der Waals surface area contributed by atoms with E-state index in [1.54, 1.807) is 7.11 Å². The summed E-state index contributed by atoms with van der Waals surface area (Å²) in [6.07, 6.45) is 1.18. The van der Waals surface area contributed by atoms with Crippen molar-refractivity contribution >= 4 is 11.6 Å². The van der Waals surface area contributed by atoms with Gasteiger partial charge in [-0.25, -0.2) is 0 Å². The Hall–Kier alpha value is -2.04. The molecule has 0 saturated carbocycles. The van der Waals surface area contributed by atoms with Crippen LogP contribution in [0.2, 0.25) is 0 Å². The molecule has 2 rings (SSSR count). The Balaban J connectivity index is 1.94. The van der Waals surface area contributed by atoms with Crippen molar-refractivity contribution < 1.29 is 14.4 Å². The molecule has 0 bridgehead atoms. The summed E-state index contributed by atoms with van der Waals surface area (Å²) in [4.78, 5) is 19.1. The van der Waals surface area contributed by atoms with Crippen LogP contribution >= 0.6 is 0 Å². The number of amides is 1. The van der Waals surface area contributed by atoms with Gasteiger partial charge in [-0.1, -0.05) is 12.1 Å². The molecule has 0 unspecified atom stereocenters. The zero-order valence-corrected chi connectivity index (χ0v) is 12.8. The molecule has 5 nitrogen and oxygen atoms in total. The number of rotatable bonds is 6. The third-order valence-corrected chi connectivity index (χ3v) is 3.62. The standard InChI is InChI=1S/C16H22N2O3/c1-4-16(19)18(5-2)11-14-10-15(17-21-14)12-6-8-13(20-3)9-7-12/h6-9,14H,4-5,10-11H2,1-3H3/t14-/m0/s1. The zero-order valence-electron chi connectivity index (χ0n) is 12.8. The van der Waals surface area contributed by atoms with Crippen LogP contribution in [0.25, 0.3) is 0 Å². The lowest BCUT2D eigenvalue weighted by atomic mass is 10.0. The Morgan fingerprint density at radius 3 is 2.67 bits per heavy atom. The van der Waals surface area contributed by atoms with Gasteiger partial charge in [-0.15, -0.1) is 0 Å². The normalized spacial score (nSPS) is 17.1. The fourth-order valence-electron chi connectivity index (χ4n) is 2.36. The minimum atomic E-state index is -0.0578. The van der Waals surface area contributed by atoms with Gasteiger partial charge in [-0.2, -0.15) is 0 Å². The lowest BCUT2D eigenvalue weighted by molar-refractivity contribution is -0.132. The largest absolute Gasteiger partial charge is 0.497 e. The summed E-state index contributed by atoms with van der Waals surface area (Å²) in [5.74, 6) is 0.972. The van der Waals surface area contributed by atoms with Crippen molar-refractivity contribution in [1.29, 1.82) is 0 Å². The van der Waals surface area contributed by atoms with Gasteiger partial charge in [0.25, 0.3) is 0 Å². The van der Waals surface area contributed by atoms with E-state index in [4.69, 9.17) is 9.57 Å². The summed E-state index contributed by atoms with van der Waals surface area (Å²) in [5.41, 5.74) is 1.95. The molecule has 1 amide bonds. The molecule has 1 aromatic rings. The van der Waals surface area contributed by atoms with Crippen molar-refractivity contribution in [2.45, 2.75) is 32.8 Å². The van der Waals surface area contributed by atoms with Crippen molar-refractivity contribution in [2.24, 2.45) is 5.16 Å². The van der Waals surface area contributed by atoms with Crippen LogP contribution in [0.15, 0.2) is 29.4 Å². The van der Waals surface area contributed by atoms with Crippen molar-refractivity contribution in [2.75, 3.05) is 20.2 Å². The molecule has 0 aromatic heterocycles. The fraction of sp³-hybridized carbons (Fsp3) is 0.500. The van der Waals surface area contributed by atoms with E-state index in [9.17, 15) is 4.79 Å². The van der Waals surface area contributed by atoms with Gasteiger partial charge in [0, 0.05) is 19.4 Å². The summed E-state index contributed by atoms with van der Waals surface area (Å²) in [6, 6.07) is 7.75. The van der Waals surface area contributed by atoms with E-state index in [0.717, 1.165) is 23.4 Å². The second-order valence-electron chi connectivity index (χ2n) is 4.98. The van der Waals surface area contributed by atoms with Crippen molar-refractivity contribution in [3.8, 4) is 5.75 Å². The summed E-state index contributed by atoms with van der Waals surface area (Å²) >= 11 is 0. The van der Waals surface area contributed by atoms with E-state index >= 15 is 0 Å². The molecule has 21 heavy (non-hydrogen) atoms. The minimum Gasteiger partial charge on any atom is -0.497 e. The van der Waals surface area contributed by atoms with E-state index < -0.39 is 0 Å². The van der Waals surface area contributed by atoms with Crippen molar-refractivity contribution in [3.05, 3.63) is 29.8 Å². The highest BCUT2D eigenvalue weighted by atomic mass is 16.6. The summed E-state index contributed by atoms with van der Waals surface area (Å²) < 4.78 is 5.14. The van der Waals surface area contributed by atoms with Crippen LogP contribution in [0.4, 0.5) is 0 Å². The maximum absolute atomic E-state index is 11.8. The van der Waals surface area contributed by atoms with Crippen LogP contribution < -0.4 is 4.74 Å². The Morgan fingerprint density at radius 2 is 2.10 bits per heavy atom. The lowest BCUT2D eigenvalue weighted by Gasteiger charge is -2.22. The van der Waals surface area contributed by atoms with Crippen molar-refractivity contribution in [3.63, 3.8) is 0 Å². The van der Waals surface area contributed by atoms with Gasteiger partial charge < -0.3 is 14.5 Å². The van der Waals surface area contributed by atoms with E-state index in [-0.39, 0.29) is 12.0 Å². The molecule has 0 radical (unpaired) electrons. The SMILES string of the molecule is CCC(=O)N(CC)C[C@@H]1CC(c2ccc(OC)cc2)=NO1. The number of hydrogen-bond acceptors (Lipinski definition) is 4. The Kier molecular flexibility index (Phi) is 5.20. The van der Waals surface area contributed by atoms with Crippen LogP contribution in [0.5, 0.6) is 5.75 Å². The molecule has 1 aromatic carbocycles. The molecular weight excluding hydrogens is 268 g/mol. The fourth-order valence-corrected chi connectivity index (χ4v) is 2.36. The minimum absolute atomic E-state index is 0.0578. The number of oxime groups is 1. The number of methoxy groups -OCH3 is 1. The molecule has 0 N–H and O–H groups in total. The van der Waals surface area contributed by atoms with Gasteiger partial charge in [-0.3, -0.25) is 4.79 Å². The zero-order chi connectivity index (χ0) is 15.2. The van der Waals surface area contributed by atoms with E-state index in [1.807, 2.05) is 43.0 Å². The number of carbonyl (C=O) groups is 1. The third kappa shape index (κ3) is 3.74. The smallest absolute Gasteiger partial charge is 0.222 e. The molecule has 1 atom stereocenters. The van der Waals surface area contributed by atoms with Crippen LogP contribution in [-0.4, -0.2) is 42.8 Å². The van der Waals surface area contributed by atoms with E-state index in [2.05, 4.69) is 5.16 Å². The number of likely N-dealkylation sites (N-methyl/N-ethyl adjacent to an activating group) is 1. The van der Waals surface area contributed by atoms with Gasteiger partial charge in [0.15, 0.2) is 6.10 Å². The quantitative estimate of drug-likeness (QED) is 0.808. The van der Waals surface area contributed by atoms with Gasteiger partial charge in [0.1, 0.15) is 5.75 Å². The molecular formula is C16H22N2O3.